The molecule has 0 aliphatic carbocycles. The number of nitro benzene ring substituents is 1. The molecule has 0 amide bonds. The Morgan fingerprint density at radius 3 is 2.32 bits per heavy atom. The Morgan fingerprint density at radius 1 is 1.06 bits per heavy atom. The van der Waals surface area contributed by atoms with Crippen molar-refractivity contribution in [3.63, 3.8) is 0 Å². The Kier molecular flexibility index (Phi) is 7.99. The Labute approximate surface area is 195 Å². The van der Waals surface area contributed by atoms with Gasteiger partial charge in [0, 0.05) is 23.9 Å². The Balaban J connectivity index is 0.000000192. The van der Waals surface area contributed by atoms with Crippen molar-refractivity contribution in [2.24, 2.45) is 0 Å². The number of hydrogen-bond donors (Lipinski definition) is 1. The van der Waals surface area contributed by atoms with Crippen LogP contribution in [0.3, 0.4) is 0 Å². The number of furan rings is 1. The van der Waals surface area contributed by atoms with Crippen molar-refractivity contribution in [2.45, 2.75) is 18.9 Å². The number of rotatable bonds is 5. The monoisotopic (exact) mass is 468 g/mol. The van der Waals surface area contributed by atoms with Crippen molar-refractivity contribution >= 4 is 23.3 Å². The van der Waals surface area contributed by atoms with Crippen molar-refractivity contribution in [3.8, 4) is 11.3 Å². The number of nitrogens with two attached hydrogens (primary N) is 1. The molecule has 1 fully saturated rings. The van der Waals surface area contributed by atoms with Crippen LogP contribution in [0.25, 0.3) is 11.3 Å². The predicted octanol–water partition coefficient (Wildman–Crippen LogP) is 4.55. The molecule has 0 saturated carbocycles. The zero-order valence-electron chi connectivity index (χ0n) is 18.7. The highest BCUT2D eigenvalue weighted by molar-refractivity contribution is 5.95. The highest BCUT2D eigenvalue weighted by Crippen LogP contribution is 2.30. The number of methoxy groups -OCH3 is 2. The number of benzene rings is 2. The molecule has 1 aliphatic heterocycles. The lowest BCUT2D eigenvalue weighted by molar-refractivity contribution is -0.385. The van der Waals surface area contributed by atoms with Crippen LogP contribution in [-0.2, 0) is 14.2 Å². The second kappa shape index (κ2) is 11.1. The first-order valence-corrected chi connectivity index (χ1v) is 10.4. The molecule has 10 nitrogen and oxygen atoms in total. The van der Waals surface area contributed by atoms with E-state index < -0.39 is 16.9 Å². The highest BCUT2D eigenvalue weighted by atomic mass is 16.6. The van der Waals surface area contributed by atoms with Gasteiger partial charge < -0.3 is 24.4 Å². The van der Waals surface area contributed by atoms with Gasteiger partial charge in [-0.2, -0.15) is 0 Å². The first kappa shape index (κ1) is 24.5. The molecule has 2 heterocycles. The van der Waals surface area contributed by atoms with E-state index in [9.17, 15) is 19.7 Å². The fourth-order valence-electron chi connectivity index (χ4n) is 3.48. The maximum absolute atomic E-state index is 11.4. The zero-order valence-corrected chi connectivity index (χ0v) is 18.7. The van der Waals surface area contributed by atoms with Gasteiger partial charge in [-0.3, -0.25) is 10.1 Å². The molecule has 4 rings (SSSR count). The molecule has 0 spiro atoms. The van der Waals surface area contributed by atoms with Gasteiger partial charge in [0.2, 0.25) is 0 Å². The van der Waals surface area contributed by atoms with E-state index in [0.717, 1.165) is 25.0 Å². The first-order valence-electron chi connectivity index (χ1n) is 10.4. The van der Waals surface area contributed by atoms with Crippen molar-refractivity contribution in [2.75, 3.05) is 26.6 Å². The van der Waals surface area contributed by atoms with E-state index in [0.29, 0.717) is 22.6 Å². The molecular weight excluding hydrogens is 444 g/mol. The largest absolute Gasteiger partial charge is 0.465 e. The van der Waals surface area contributed by atoms with E-state index >= 15 is 0 Å². The third-order valence-electron chi connectivity index (χ3n) is 5.19. The van der Waals surface area contributed by atoms with E-state index in [1.54, 1.807) is 30.3 Å². The number of nitrogens with zero attached hydrogens (tertiary/aromatic N) is 1. The number of nitro groups is 1. The summed E-state index contributed by atoms with van der Waals surface area (Å²) >= 11 is 0. The van der Waals surface area contributed by atoms with Crippen molar-refractivity contribution < 1.29 is 33.1 Å². The minimum Gasteiger partial charge on any atom is -0.465 e. The molecule has 1 unspecified atom stereocenters. The fourth-order valence-corrected chi connectivity index (χ4v) is 3.48. The lowest BCUT2D eigenvalue weighted by Crippen LogP contribution is -2.07. The summed E-state index contributed by atoms with van der Waals surface area (Å²) in [5.74, 6) is -0.654. The van der Waals surface area contributed by atoms with E-state index in [2.05, 4.69) is 9.47 Å². The van der Waals surface area contributed by atoms with E-state index in [-0.39, 0.29) is 17.4 Å². The number of carbonyl (C=O) groups is 2. The minimum atomic E-state index is -0.743. The Hall–Kier alpha value is -4.18. The summed E-state index contributed by atoms with van der Waals surface area (Å²) in [6.07, 6.45) is 3.67. The summed E-state index contributed by atoms with van der Waals surface area (Å²) in [4.78, 5) is 33.0. The Bertz CT molecular complexity index is 1170. The molecule has 3 aromatic rings. The molecule has 2 aromatic carbocycles. The van der Waals surface area contributed by atoms with Gasteiger partial charge in [0.15, 0.2) is 0 Å². The molecule has 178 valence electrons. The third kappa shape index (κ3) is 5.59. The van der Waals surface area contributed by atoms with Gasteiger partial charge in [-0.1, -0.05) is 6.07 Å². The summed E-state index contributed by atoms with van der Waals surface area (Å²) in [6, 6.07) is 12.9. The normalized spacial score (nSPS) is 14.6. The maximum Gasteiger partial charge on any atom is 0.344 e. The van der Waals surface area contributed by atoms with Crippen LogP contribution in [0, 0.1) is 10.1 Å². The second-order valence-corrected chi connectivity index (χ2v) is 7.30. The molecule has 1 saturated heterocycles. The minimum absolute atomic E-state index is 0.0854. The number of nitrogen functional groups attached to an aromatic ring is 1. The molecule has 1 aliphatic rings. The van der Waals surface area contributed by atoms with Gasteiger partial charge >= 0.3 is 11.9 Å². The van der Waals surface area contributed by atoms with Crippen molar-refractivity contribution in [1.82, 2.24) is 0 Å². The number of hydrogen-bond acceptors (Lipinski definition) is 9. The summed E-state index contributed by atoms with van der Waals surface area (Å²) in [5, 5.41) is 10.9. The molecule has 0 bridgehead atoms. The summed E-state index contributed by atoms with van der Waals surface area (Å²) in [7, 11) is 2.52. The molecule has 34 heavy (non-hydrogen) atoms. The maximum atomic E-state index is 11.4. The number of ether oxygens (including phenoxy) is 3. The Morgan fingerprint density at radius 2 is 1.76 bits per heavy atom. The van der Waals surface area contributed by atoms with Crippen LogP contribution in [0.1, 0.15) is 45.2 Å². The number of anilines is 1. The lowest BCUT2D eigenvalue weighted by atomic mass is 10.0. The predicted molar refractivity (Wildman–Crippen MR) is 122 cm³/mol. The summed E-state index contributed by atoms with van der Waals surface area (Å²) < 4.78 is 19.8. The zero-order chi connectivity index (χ0) is 24.7. The SMILES string of the molecule is COC(=O)c1ccc(-c2ccco2)cc1[N+](=O)[O-].COC(=O)c1ccc(C2CCCO2)cc1N. The van der Waals surface area contributed by atoms with Crippen LogP contribution in [-0.4, -0.2) is 37.7 Å². The van der Waals surface area contributed by atoms with Crippen LogP contribution >= 0.6 is 0 Å². The smallest absolute Gasteiger partial charge is 0.344 e. The number of esters is 2. The van der Waals surface area contributed by atoms with Crippen LogP contribution in [0.4, 0.5) is 11.4 Å². The quantitative estimate of drug-likeness (QED) is 0.247. The summed E-state index contributed by atoms with van der Waals surface area (Å²) in [6.45, 7) is 0.795. The third-order valence-corrected chi connectivity index (χ3v) is 5.19. The number of carbonyl (C=O) groups excluding carboxylic acids is 2. The van der Waals surface area contributed by atoms with Gasteiger partial charge in [0.05, 0.1) is 37.1 Å². The molecule has 1 aromatic heterocycles. The second-order valence-electron chi connectivity index (χ2n) is 7.30. The topological polar surface area (TPSA) is 144 Å². The van der Waals surface area contributed by atoms with Gasteiger partial charge in [-0.25, -0.2) is 9.59 Å². The van der Waals surface area contributed by atoms with Crippen LogP contribution < -0.4 is 5.73 Å². The van der Waals surface area contributed by atoms with Crippen molar-refractivity contribution in [3.05, 3.63) is 81.6 Å². The van der Waals surface area contributed by atoms with E-state index in [1.165, 1.54) is 32.6 Å². The molecule has 0 radical (unpaired) electrons. The first-order chi connectivity index (χ1) is 16.3. The summed E-state index contributed by atoms with van der Waals surface area (Å²) in [5.41, 5.74) is 7.82. The highest BCUT2D eigenvalue weighted by Gasteiger charge is 2.22. The molecule has 2 N–H and O–H groups in total. The average molecular weight is 468 g/mol. The van der Waals surface area contributed by atoms with Crippen LogP contribution in [0.15, 0.2) is 59.2 Å². The standard InChI is InChI=1S/C12H9NO5.C12H15NO3/c1-17-12(14)9-5-4-8(7-10(9)13(15)16)11-3-2-6-18-11;1-15-12(14)9-5-4-8(7-10(9)13)11-3-2-6-16-11/h2-7H,1H3;4-5,7,11H,2-3,6,13H2,1H3. The van der Waals surface area contributed by atoms with E-state index in [4.69, 9.17) is 14.9 Å². The lowest BCUT2D eigenvalue weighted by Gasteiger charge is -2.11. The van der Waals surface area contributed by atoms with Gasteiger partial charge in [-0.05, 0) is 54.8 Å². The van der Waals surface area contributed by atoms with Gasteiger partial charge in [-0.15, -0.1) is 0 Å². The molecule has 1 atom stereocenters. The van der Waals surface area contributed by atoms with Gasteiger partial charge in [0.25, 0.3) is 5.69 Å². The molecular formula is C24H24N2O8. The van der Waals surface area contributed by atoms with Crippen LogP contribution in [0.5, 0.6) is 0 Å². The van der Waals surface area contributed by atoms with E-state index in [1.807, 2.05) is 6.07 Å². The fraction of sp³-hybridized carbons (Fsp3) is 0.250. The molecule has 10 heteroatoms. The van der Waals surface area contributed by atoms with Crippen LogP contribution in [0.2, 0.25) is 0 Å². The van der Waals surface area contributed by atoms with Gasteiger partial charge in [0.1, 0.15) is 11.3 Å². The average Bonchev–Trinajstić information content (AvgIpc) is 3.58. The van der Waals surface area contributed by atoms with Crippen molar-refractivity contribution in [1.29, 1.82) is 0 Å².